The molecule has 0 bridgehead atoms. The van der Waals surface area contributed by atoms with E-state index in [1.54, 1.807) is 36.5 Å². The third-order valence-corrected chi connectivity index (χ3v) is 7.04. The highest BCUT2D eigenvalue weighted by Crippen LogP contribution is 2.39. The van der Waals surface area contributed by atoms with Gasteiger partial charge in [0.15, 0.2) is 5.82 Å². The monoisotopic (exact) mass is 553 g/mol. The second-order valence-corrected chi connectivity index (χ2v) is 9.93. The molecule has 1 fully saturated rings. The van der Waals surface area contributed by atoms with Gasteiger partial charge in [-0.25, -0.2) is 9.97 Å². The van der Waals surface area contributed by atoms with Gasteiger partial charge >= 0.3 is 6.18 Å². The Morgan fingerprint density at radius 3 is 2.70 bits per heavy atom. The Bertz CT molecular complexity index is 1550. The van der Waals surface area contributed by atoms with Gasteiger partial charge < -0.3 is 30.2 Å². The number of likely N-dealkylation sites (N-methyl/N-ethyl adjacent to an activating group) is 1. The molecule has 1 aliphatic heterocycles. The Morgan fingerprint density at radius 1 is 1.23 bits per heavy atom. The highest BCUT2D eigenvalue weighted by molar-refractivity contribution is 5.97. The molecule has 3 N–H and O–H groups in total. The molecule has 0 radical (unpaired) electrons. The minimum Gasteiger partial charge on any atom is -0.495 e. The number of H-pyrrole nitrogens is 1. The zero-order valence-electron chi connectivity index (χ0n) is 22.6. The number of ether oxygens (including phenoxy) is 1. The number of aromatic amines is 1. The highest BCUT2D eigenvalue weighted by atomic mass is 19.4. The molecule has 210 valence electrons. The maximum atomic E-state index is 14.0. The van der Waals surface area contributed by atoms with E-state index in [4.69, 9.17) is 4.74 Å². The van der Waals surface area contributed by atoms with Crippen LogP contribution in [0.2, 0.25) is 0 Å². The number of anilines is 4. The van der Waals surface area contributed by atoms with Crippen LogP contribution in [0.3, 0.4) is 0 Å². The number of fused-ring (bicyclic) bond motifs is 1. The number of nitrogens with one attached hydrogen (secondary N) is 3. The SMILES string of the molecule is COc1cccc2c(-c3ncc(C(F)(F)F)c(Nc4ccc(N5CCC(N(C)C)C5)c(NC(C)=O)c4)n3)c[nH]c12. The van der Waals surface area contributed by atoms with E-state index in [9.17, 15) is 18.0 Å². The Balaban J connectivity index is 1.53. The lowest BCUT2D eigenvalue weighted by Crippen LogP contribution is -2.31. The fourth-order valence-corrected chi connectivity index (χ4v) is 4.99. The number of para-hydroxylation sites is 1. The van der Waals surface area contributed by atoms with E-state index in [-0.39, 0.29) is 11.7 Å². The second kappa shape index (κ2) is 10.7. The number of amides is 1. The fourth-order valence-electron chi connectivity index (χ4n) is 4.99. The Kier molecular flexibility index (Phi) is 7.28. The molecule has 1 unspecified atom stereocenters. The molecule has 4 aromatic rings. The van der Waals surface area contributed by atoms with Gasteiger partial charge in [-0.15, -0.1) is 0 Å². The summed E-state index contributed by atoms with van der Waals surface area (Å²) in [6.45, 7) is 2.96. The number of benzene rings is 2. The maximum Gasteiger partial charge on any atom is 0.421 e. The van der Waals surface area contributed by atoms with E-state index in [0.717, 1.165) is 31.4 Å². The molecule has 0 spiro atoms. The Labute approximate surface area is 229 Å². The van der Waals surface area contributed by atoms with Crippen molar-refractivity contribution in [3.05, 3.63) is 54.4 Å². The standard InChI is InChI=1S/C28H30F3N7O2/c1-16(39)34-22-12-17(8-9-23(22)38-11-10-18(15-38)37(2)3)35-27-21(28(29,30)31)14-33-26(36-27)20-13-32-25-19(20)6-5-7-24(25)40-4/h5-9,12-14,18,32H,10-11,15H2,1-4H3,(H,34,39)(H,33,35,36). The quantitative estimate of drug-likeness (QED) is 0.278. The van der Waals surface area contributed by atoms with E-state index in [1.807, 2.05) is 20.2 Å². The lowest BCUT2D eigenvalue weighted by atomic mass is 10.1. The van der Waals surface area contributed by atoms with Gasteiger partial charge in [0.1, 0.15) is 17.1 Å². The van der Waals surface area contributed by atoms with E-state index in [1.165, 1.54) is 14.0 Å². The molecule has 2 aromatic heterocycles. The molecule has 1 atom stereocenters. The number of hydrogen-bond donors (Lipinski definition) is 3. The van der Waals surface area contributed by atoms with Crippen LogP contribution in [0, 0.1) is 0 Å². The Hall–Kier alpha value is -4.32. The van der Waals surface area contributed by atoms with Crippen molar-refractivity contribution in [2.24, 2.45) is 0 Å². The number of alkyl halides is 3. The summed E-state index contributed by atoms with van der Waals surface area (Å²) in [6.07, 6.45) is -1.31. The summed E-state index contributed by atoms with van der Waals surface area (Å²) in [5.41, 5.74) is 1.86. The number of carbonyl (C=O) groups is 1. The first kappa shape index (κ1) is 27.3. The zero-order valence-corrected chi connectivity index (χ0v) is 22.6. The van der Waals surface area contributed by atoms with Crippen LogP contribution in [-0.2, 0) is 11.0 Å². The predicted molar refractivity (Wildman–Crippen MR) is 149 cm³/mol. The first-order valence-electron chi connectivity index (χ1n) is 12.7. The van der Waals surface area contributed by atoms with Crippen LogP contribution in [0.4, 0.5) is 36.1 Å². The van der Waals surface area contributed by atoms with Crippen molar-refractivity contribution in [1.29, 1.82) is 0 Å². The molecule has 12 heteroatoms. The fraction of sp³-hybridized carbons (Fsp3) is 0.321. The average molecular weight is 554 g/mol. The van der Waals surface area contributed by atoms with Crippen LogP contribution in [0.5, 0.6) is 5.75 Å². The summed E-state index contributed by atoms with van der Waals surface area (Å²) in [7, 11) is 5.59. The van der Waals surface area contributed by atoms with Gasteiger partial charge in [-0.3, -0.25) is 4.79 Å². The molecule has 0 saturated carbocycles. The van der Waals surface area contributed by atoms with Crippen molar-refractivity contribution in [2.75, 3.05) is 49.8 Å². The van der Waals surface area contributed by atoms with Gasteiger partial charge in [0.2, 0.25) is 5.91 Å². The van der Waals surface area contributed by atoms with Crippen molar-refractivity contribution in [1.82, 2.24) is 19.9 Å². The molecule has 1 saturated heterocycles. The van der Waals surface area contributed by atoms with Crippen molar-refractivity contribution < 1.29 is 22.7 Å². The topological polar surface area (TPSA) is 98.4 Å². The van der Waals surface area contributed by atoms with Crippen molar-refractivity contribution >= 4 is 39.7 Å². The number of halogens is 3. The summed E-state index contributed by atoms with van der Waals surface area (Å²) in [4.78, 5) is 27.7. The van der Waals surface area contributed by atoms with Crippen LogP contribution in [0.15, 0.2) is 48.8 Å². The smallest absolute Gasteiger partial charge is 0.421 e. The van der Waals surface area contributed by atoms with Gasteiger partial charge in [0.25, 0.3) is 0 Å². The van der Waals surface area contributed by atoms with Gasteiger partial charge in [-0.1, -0.05) is 12.1 Å². The third kappa shape index (κ3) is 5.39. The molecule has 1 amide bonds. The number of nitrogens with zero attached hydrogens (tertiary/aromatic N) is 4. The summed E-state index contributed by atoms with van der Waals surface area (Å²) in [5, 5.41) is 6.36. The van der Waals surface area contributed by atoms with E-state index < -0.39 is 17.6 Å². The van der Waals surface area contributed by atoms with Gasteiger partial charge in [0, 0.05) is 55.1 Å². The number of methoxy groups -OCH3 is 1. The van der Waals surface area contributed by atoms with Crippen LogP contribution in [-0.4, -0.2) is 66.1 Å². The average Bonchev–Trinajstić information content (AvgIpc) is 3.56. The second-order valence-electron chi connectivity index (χ2n) is 9.93. The van der Waals surface area contributed by atoms with E-state index in [2.05, 4.69) is 35.4 Å². The van der Waals surface area contributed by atoms with Gasteiger partial charge in [-0.2, -0.15) is 13.2 Å². The lowest BCUT2D eigenvalue weighted by Gasteiger charge is -2.24. The Morgan fingerprint density at radius 2 is 2.02 bits per heavy atom. The largest absolute Gasteiger partial charge is 0.495 e. The summed E-state index contributed by atoms with van der Waals surface area (Å²) in [6, 6.07) is 10.8. The maximum absolute atomic E-state index is 14.0. The van der Waals surface area contributed by atoms with Crippen molar-refractivity contribution in [3.8, 4) is 17.1 Å². The van der Waals surface area contributed by atoms with Crippen molar-refractivity contribution in [3.63, 3.8) is 0 Å². The van der Waals surface area contributed by atoms with Crippen molar-refractivity contribution in [2.45, 2.75) is 25.6 Å². The minimum atomic E-state index is -4.69. The molecule has 9 nitrogen and oxygen atoms in total. The molecule has 1 aliphatic rings. The minimum absolute atomic E-state index is 0.112. The number of carbonyl (C=O) groups excluding carboxylic acids is 1. The molecule has 40 heavy (non-hydrogen) atoms. The molecular weight excluding hydrogens is 523 g/mol. The zero-order chi connectivity index (χ0) is 28.6. The lowest BCUT2D eigenvalue weighted by molar-refractivity contribution is -0.137. The normalized spacial score (nSPS) is 15.6. The number of aromatic nitrogens is 3. The number of hydrogen-bond acceptors (Lipinski definition) is 7. The van der Waals surface area contributed by atoms with E-state index in [0.29, 0.717) is 39.6 Å². The van der Waals surface area contributed by atoms with Gasteiger partial charge in [-0.05, 0) is 44.8 Å². The van der Waals surface area contributed by atoms with Crippen LogP contribution in [0.25, 0.3) is 22.3 Å². The summed E-state index contributed by atoms with van der Waals surface area (Å²) < 4.78 is 47.3. The molecule has 2 aromatic carbocycles. The highest BCUT2D eigenvalue weighted by Gasteiger charge is 2.36. The summed E-state index contributed by atoms with van der Waals surface area (Å²) >= 11 is 0. The van der Waals surface area contributed by atoms with E-state index >= 15 is 0 Å². The predicted octanol–water partition coefficient (Wildman–Crippen LogP) is 5.49. The van der Waals surface area contributed by atoms with Crippen LogP contribution < -0.4 is 20.3 Å². The van der Waals surface area contributed by atoms with Gasteiger partial charge in [0.05, 0.1) is 24.0 Å². The van der Waals surface area contributed by atoms with Crippen LogP contribution >= 0.6 is 0 Å². The first-order valence-corrected chi connectivity index (χ1v) is 12.7. The first-order chi connectivity index (χ1) is 19.0. The molecule has 5 rings (SSSR count). The number of rotatable bonds is 7. The summed E-state index contributed by atoms with van der Waals surface area (Å²) in [5.74, 6) is 0.0249. The third-order valence-electron chi connectivity index (χ3n) is 7.04. The van der Waals surface area contributed by atoms with Crippen LogP contribution in [0.1, 0.15) is 18.9 Å². The molecule has 3 heterocycles. The molecular formula is C28H30F3N7O2. The molecule has 0 aliphatic carbocycles.